The van der Waals surface area contributed by atoms with Crippen LogP contribution in [0.5, 0.6) is 0 Å². The Hall–Kier alpha value is -3.55. The van der Waals surface area contributed by atoms with Gasteiger partial charge >= 0.3 is 5.97 Å². The third-order valence-electron chi connectivity index (χ3n) is 5.25. The van der Waals surface area contributed by atoms with Crippen molar-refractivity contribution in [2.24, 2.45) is 0 Å². The van der Waals surface area contributed by atoms with Crippen LogP contribution in [0.2, 0.25) is 0 Å². The highest BCUT2D eigenvalue weighted by molar-refractivity contribution is 6.09. The molecule has 8 nitrogen and oxygen atoms in total. The quantitative estimate of drug-likeness (QED) is 0.494. The van der Waals surface area contributed by atoms with Crippen molar-refractivity contribution in [3.8, 4) is 0 Å². The monoisotopic (exact) mass is 406 g/mol. The number of esters is 1. The molecule has 2 heterocycles. The first-order chi connectivity index (χ1) is 14.5. The number of fused-ring (bicyclic) bond motifs is 1. The Balaban J connectivity index is 1.86. The molecule has 0 aliphatic heterocycles. The molecule has 0 spiro atoms. The molecule has 0 amide bonds. The predicted octanol–water partition coefficient (Wildman–Crippen LogP) is 3.47. The van der Waals surface area contributed by atoms with Crippen LogP contribution in [0.4, 0.5) is 11.4 Å². The zero-order valence-electron chi connectivity index (χ0n) is 16.8. The molecule has 2 aromatic heterocycles. The van der Waals surface area contributed by atoms with Gasteiger partial charge in [-0.3, -0.25) is 14.6 Å². The van der Waals surface area contributed by atoms with Gasteiger partial charge < -0.3 is 10.1 Å². The lowest BCUT2D eigenvalue weighted by molar-refractivity contribution is 0.00793. The van der Waals surface area contributed by atoms with Gasteiger partial charge in [0.15, 0.2) is 11.5 Å². The fourth-order valence-electron chi connectivity index (χ4n) is 3.43. The molecule has 0 atom stereocenters. The van der Waals surface area contributed by atoms with E-state index in [-0.39, 0.29) is 29.6 Å². The molecule has 0 radical (unpaired) electrons. The summed E-state index contributed by atoms with van der Waals surface area (Å²) >= 11 is 0. The summed E-state index contributed by atoms with van der Waals surface area (Å²) in [6.45, 7) is 3.29. The Morgan fingerprint density at radius 2 is 2.00 bits per heavy atom. The van der Waals surface area contributed by atoms with Crippen molar-refractivity contribution >= 4 is 33.9 Å². The molecule has 4 rings (SSSR count). The Morgan fingerprint density at radius 1 is 1.23 bits per heavy atom. The van der Waals surface area contributed by atoms with E-state index in [2.05, 4.69) is 15.4 Å². The van der Waals surface area contributed by atoms with Gasteiger partial charge in [0.05, 0.1) is 17.4 Å². The van der Waals surface area contributed by atoms with Gasteiger partial charge in [0.2, 0.25) is 0 Å². The number of aromatic nitrogens is 3. The van der Waals surface area contributed by atoms with Crippen LogP contribution in [0, 0.1) is 0 Å². The van der Waals surface area contributed by atoms with Gasteiger partial charge in [-0.25, -0.2) is 9.48 Å². The topological polar surface area (TPSA) is 103 Å². The van der Waals surface area contributed by atoms with Crippen molar-refractivity contribution in [1.82, 2.24) is 14.8 Å². The first-order valence-corrected chi connectivity index (χ1v) is 9.96. The number of nitrogens with zero attached hydrogens (tertiary/aromatic N) is 3. The summed E-state index contributed by atoms with van der Waals surface area (Å²) in [7, 11) is 0. The molecule has 30 heavy (non-hydrogen) atoms. The summed E-state index contributed by atoms with van der Waals surface area (Å²) in [6.07, 6.45) is 5.71. The molecule has 8 heteroatoms. The molecule has 154 valence electrons. The van der Waals surface area contributed by atoms with Crippen LogP contribution < -0.4 is 10.9 Å². The summed E-state index contributed by atoms with van der Waals surface area (Å²) in [5, 5.41) is 8.90. The Labute approximate surface area is 172 Å². The number of ether oxygens (including phenoxy) is 1. The molecule has 0 bridgehead atoms. The van der Waals surface area contributed by atoms with Crippen molar-refractivity contribution < 1.29 is 14.3 Å². The van der Waals surface area contributed by atoms with Crippen LogP contribution in [-0.2, 0) is 11.3 Å². The normalized spacial score (nSPS) is 13.7. The lowest BCUT2D eigenvalue weighted by Crippen LogP contribution is -2.33. The number of carbonyl (C=O) groups excluding carboxylic acids is 2. The first kappa shape index (κ1) is 19.8. The second-order valence-electron chi connectivity index (χ2n) is 7.27. The molecule has 1 aromatic carbocycles. The Kier molecular flexibility index (Phi) is 5.31. The molecular formula is C22H22N4O4. The van der Waals surface area contributed by atoms with Gasteiger partial charge in [-0.2, -0.15) is 5.10 Å². The number of hydrogen-bond acceptors (Lipinski definition) is 7. The molecule has 1 aliphatic rings. The van der Waals surface area contributed by atoms with Crippen LogP contribution in [0.15, 0.2) is 41.5 Å². The zero-order valence-corrected chi connectivity index (χ0v) is 16.8. The second-order valence-corrected chi connectivity index (χ2v) is 7.27. The minimum absolute atomic E-state index is 0.00179. The maximum absolute atomic E-state index is 13.0. The number of aryl methyl sites for hydroxylation is 1. The zero-order chi connectivity index (χ0) is 21.3. The molecule has 1 saturated carbocycles. The lowest BCUT2D eigenvalue weighted by Gasteiger charge is -2.25. The maximum Gasteiger partial charge on any atom is 0.359 e. The highest BCUT2D eigenvalue weighted by atomic mass is 16.5. The fourth-order valence-corrected chi connectivity index (χ4v) is 3.43. The van der Waals surface area contributed by atoms with Gasteiger partial charge in [0.25, 0.3) is 5.56 Å². The van der Waals surface area contributed by atoms with Gasteiger partial charge in [-0.1, -0.05) is 24.3 Å². The molecule has 1 fully saturated rings. The van der Waals surface area contributed by atoms with E-state index in [1.54, 1.807) is 19.3 Å². The smallest absolute Gasteiger partial charge is 0.359 e. The van der Waals surface area contributed by atoms with Crippen molar-refractivity contribution in [2.75, 3.05) is 5.32 Å². The summed E-state index contributed by atoms with van der Waals surface area (Å²) in [5.74, 6) is -1.13. The van der Waals surface area contributed by atoms with Gasteiger partial charge in [0, 0.05) is 23.5 Å². The third-order valence-corrected chi connectivity index (χ3v) is 5.25. The van der Waals surface area contributed by atoms with E-state index in [0.29, 0.717) is 5.69 Å². The van der Waals surface area contributed by atoms with E-state index < -0.39 is 17.3 Å². The van der Waals surface area contributed by atoms with E-state index in [0.717, 1.165) is 34.7 Å². The molecule has 1 aliphatic carbocycles. The Bertz CT molecular complexity index is 1190. The number of anilines is 2. The SMILES string of the molecule is CCn1nc(C(=O)OC2CCC2)c(C(C)=O)c(Nc2cncc3ccccc23)c1=O. The number of nitrogens with one attached hydrogen (secondary N) is 1. The van der Waals surface area contributed by atoms with Crippen molar-refractivity contribution in [3.63, 3.8) is 0 Å². The average Bonchev–Trinajstić information content (AvgIpc) is 2.71. The minimum Gasteiger partial charge on any atom is -0.458 e. The van der Waals surface area contributed by atoms with E-state index >= 15 is 0 Å². The second kappa shape index (κ2) is 8.06. The number of benzene rings is 1. The van der Waals surface area contributed by atoms with Crippen LogP contribution in [0.3, 0.4) is 0 Å². The largest absolute Gasteiger partial charge is 0.458 e. The minimum atomic E-state index is -0.689. The van der Waals surface area contributed by atoms with E-state index in [1.807, 2.05) is 24.3 Å². The predicted molar refractivity (Wildman–Crippen MR) is 112 cm³/mol. The standard InChI is InChI=1S/C22H22N4O4/c1-3-26-21(28)19(24-17-12-23-11-14-7-4-5-10-16(14)17)18(13(2)27)20(25-26)22(29)30-15-8-6-9-15/h4-5,7,10-12,15,24H,3,6,8-9H2,1-2H3. The van der Waals surface area contributed by atoms with Crippen molar-refractivity contribution in [3.05, 3.63) is 58.3 Å². The van der Waals surface area contributed by atoms with E-state index in [4.69, 9.17) is 4.74 Å². The molecule has 0 saturated heterocycles. The van der Waals surface area contributed by atoms with Crippen LogP contribution in [-0.4, -0.2) is 32.6 Å². The van der Waals surface area contributed by atoms with Crippen LogP contribution in [0.25, 0.3) is 10.8 Å². The molecule has 1 N–H and O–H groups in total. The average molecular weight is 406 g/mol. The number of pyridine rings is 1. The maximum atomic E-state index is 13.0. The molecule has 0 unspecified atom stereocenters. The van der Waals surface area contributed by atoms with E-state index in [1.165, 1.54) is 6.92 Å². The summed E-state index contributed by atoms with van der Waals surface area (Å²) in [4.78, 5) is 42.5. The van der Waals surface area contributed by atoms with Crippen molar-refractivity contribution in [2.45, 2.75) is 45.8 Å². The number of rotatable bonds is 6. The highest BCUT2D eigenvalue weighted by Gasteiger charge is 2.29. The van der Waals surface area contributed by atoms with Gasteiger partial charge in [-0.15, -0.1) is 0 Å². The van der Waals surface area contributed by atoms with Crippen molar-refractivity contribution in [1.29, 1.82) is 0 Å². The lowest BCUT2D eigenvalue weighted by atomic mass is 9.96. The highest BCUT2D eigenvalue weighted by Crippen LogP contribution is 2.28. The summed E-state index contributed by atoms with van der Waals surface area (Å²) in [6, 6.07) is 7.55. The fraction of sp³-hybridized carbons (Fsp3) is 0.318. The summed E-state index contributed by atoms with van der Waals surface area (Å²) < 4.78 is 6.63. The van der Waals surface area contributed by atoms with Gasteiger partial charge in [0.1, 0.15) is 11.8 Å². The Morgan fingerprint density at radius 3 is 2.67 bits per heavy atom. The third kappa shape index (κ3) is 3.56. The van der Waals surface area contributed by atoms with Gasteiger partial charge in [-0.05, 0) is 33.1 Å². The number of hydrogen-bond donors (Lipinski definition) is 1. The first-order valence-electron chi connectivity index (χ1n) is 9.96. The van der Waals surface area contributed by atoms with Crippen LogP contribution >= 0.6 is 0 Å². The van der Waals surface area contributed by atoms with E-state index in [9.17, 15) is 14.4 Å². The number of Topliss-reactive ketones (excluding diaryl/α,β-unsaturated/α-hetero) is 1. The summed E-state index contributed by atoms with van der Waals surface area (Å²) in [5.41, 5.74) is -0.151. The molecular weight excluding hydrogens is 384 g/mol. The molecule has 3 aromatic rings. The number of carbonyl (C=O) groups is 2. The van der Waals surface area contributed by atoms with Crippen LogP contribution in [0.1, 0.15) is 54.0 Å². The number of ketones is 1.